The predicted octanol–water partition coefficient (Wildman–Crippen LogP) is 1.30. The van der Waals surface area contributed by atoms with E-state index in [9.17, 15) is 9.59 Å². The van der Waals surface area contributed by atoms with E-state index in [-0.39, 0.29) is 18.6 Å². The van der Waals surface area contributed by atoms with Crippen molar-refractivity contribution in [2.24, 2.45) is 0 Å². The largest absolute Gasteiger partial charge is 0.480 e. The molecule has 25 heavy (non-hydrogen) atoms. The lowest BCUT2D eigenvalue weighted by Crippen LogP contribution is -2.49. The van der Waals surface area contributed by atoms with E-state index in [0.29, 0.717) is 32.3 Å². The van der Waals surface area contributed by atoms with Crippen molar-refractivity contribution in [1.82, 2.24) is 14.4 Å². The quantitative estimate of drug-likeness (QED) is 0.838. The maximum absolute atomic E-state index is 13.0. The second-order valence-corrected chi connectivity index (χ2v) is 7.22. The number of nitrogens with zero attached hydrogens (tertiary/aromatic N) is 3. The fourth-order valence-corrected chi connectivity index (χ4v) is 3.72. The van der Waals surface area contributed by atoms with E-state index in [0.717, 1.165) is 17.0 Å². The molecule has 1 aromatic rings. The van der Waals surface area contributed by atoms with Crippen molar-refractivity contribution in [3.05, 3.63) is 23.0 Å². The molecule has 1 aliphatic carbocycles. The minimum Gasteiger partial charge on any atom is -0.480 e. The fraction of sp³-hybridized carbons (Fsp3) is 0.667. The number of aliphatic carboxylic acids is 1. The number of carbonyl (C=O) groups is 2. The highest BCUT2D eigenvalue weighted by atomic mass is 16.5. The van der Waals surface area contributed by atoms with Crippen molar-refractivity contribution in [3.63, 3.8) is 0 Å². The molecule has 1 saturated heterocycles. The van der Waals surface area contributed by atoms with Gasteiger partial charge in [0.2, 0.25) is 0 Å². The van der Waals surface area contributed by atoms with Crippen LogP contribution >= 0.6 is 0 Å². The first kappa shape index (κ1) is 17.9. The number of aryl methyl sites for hydroxylation is 1. The first-order valence-electron chi connectivity index (χ1n) is 8.86. The Labute approximate surface area is 148 Å². The van der Waals surface area contributed by atoms with Crippen LogP contribution in [-0.2, 0) is 9.53 Å². The number of hydrogen-bond donors (Lipinski definition) is 1. The summed E-state index contributed by atoms with van der Waals surface area (Å²) in [5, 5.41) is 8.86. The summed E-state index contributed by atoms with van der Waals surface area (Å²) >= 11 is 0. The lowest BCUT2D eigenvalue weighted by Gasteiger charge is -2.34. The number of hydrogen-bond acceptors (Lipinski definition) is 4. The Morgan fingerprint density at radius 1 is 1.36 bits per heavy atom. The average Bonchev–Trinajstić information content (AvgIpc) is 3.31. The Hall–Kier alpha value is -1.86. The van der Waals surface area contributed by atoms with Crippen molar-refractivity contribution < 1.29 is 19.4 Å². The minimum absolute atomic E-state index is 0.0314. The van der Waals surface area contributed by atoms with Gasteiger partial charge in [0, 0.05) is 37.1 Å². The fourth-order valence-electron chi connectivity index (χ4n) is 3.72. The summed E-state index contributed by atoms with van der Waals surface area (Å²) in [6, 6.07) is 2.56. The third kappa shape index (κ3) is 4.04. The second kappa shape index (κ2) is 7.17. The van der Waals surface area contributed by atoms with E-state index in [4.69, 9.17) is 9.84 Å². The van der Waals surface area contributed by atoms with Crippen LogP contribution in [0.3, 0.4) is 0 Å². The van der Waals surface area contributed by atoms with Gasteiger partial charge < -0.3 is 19.3 Å². The van der Waals surface area contributed by atoms with Crippen molar-refractivity contribution in [2.45, 2.75) is 38.8 Å². The molecule has 7 heteroatoms. The van der Waals surface area contributed by atoms with E-state index >= 15 is 0 Å². The molecule has 0 bridgehead atoms. The van der Waals surface area contributed by atoms with Gasteiger partial charge in [-0.1, -0.05) is 0 Å². The molecule has 138 valence electrons. The summed E-state index contributed by atoms with van der Waals surface area (Å²) in [5.41, 5.74) is 2.98. The number of ether oxygens (including phenoxy) is 1. The topological polar surface area (TPSA) is 75.0 Å². The van der Waals surface area contributed by atoms with Gasteiger partial charge in [-0.2, -0.15) is 0 Å². The SMILES string of the molecule is Cc1cc(C(=O)N2CCOC(CN(C)CC(=O)O)C2)c(C)n1C1CC1. The van der Waals surface area contributed by atoms with E-state index in [1.165, 1.54) is 12.8 Å². The summed E-state index contributed by atoms with van der Waals surface area (Å²) in [6.45, 7) is 6.11. The van der Waals surface area contributed by atoms with Gasteiger partial charge in [0.25, 0.3) is 5.91 Å². The van der Waals surface area contributed by atoms with Crippen LogP contribution in [0.4, 0.5) is 0 Å². The third-order valence-corrected chi connectivity index (χ3v) is 4.97. The normalized spacial score (nSPS) is 21.0. The number of rotatable bonds is 6. The Kier molecular flexibility index (Phi) is 5.15. The van der Waals surface area contributed by atoms with Crippen molar-refractivity contribution in [1.29, 1.82) is 0 Å². The first-order valence-corrected chi connectivity index (χ1v) is 8.86. The Bertz CT molecular complexity index is 666. The Morgan fingerprint density at radius 2 is 2.08 bits per heavy atom. The molecule has 3 rings (SSSR count). The molecule has 0 radical (unpaired) electrons. The number of carboxylic acid groups (broad SMARTS) is 1. The van der Waals surface area contributed by atoms with Crippen LogP contribution in [0, 0.1) is 13.8 Å². The summed E-state index contributed by atoms with van der Waals surface area (Å²) in [7, 11) is 1.75. The van der Waals surface area contributed by atoms with Gasteiger partial charge in [0.1, 0.15) is 0 Å². The molecular weight excluding hydrogens is 322 g/mol. The molecule has 1 unspecified atom stereocenters. The molecule has 2 aliphatic rings. The number of morpholine rings is 1. The van der Waals surface area contributed by atoms with Crippen LogP contribution < -0.4 is 0 Å². The molecular formula is C18H27N3O4. The number of amides is 1. The zero-order valence-electron chi connectivity index (χ0n) is 15.2. The van der Waals surface area contributed by atoms with E-state index in [1.54, 1.807) is 11.9 Å². The monoisotopic (exact) mass is 349 g/mol. The number of carbonyl (C=O) groups excluding carboxylic acids is 1. The van der Waals surface area contributed by atoms with E-state index in [2.05, 4.69) is 11.5 Å². The minimum atomic E-state index is -0.862. The van der Waals surface area contributed by atoms with Crippen molar-refractivity contribution >= 4 is 11.9 Å². The van der Waals surface area contributed by atoms with Gasteiger partial charge >= 0.3 is 5.97 Å². The van der Waals surface area contributed by atoms with Gasteiger partial charge in [0.05, 0.1) is 24.8 Å². The standard InChI is InChI=1S/C18H27N3O4/c1-12-8-16(13(2)21(12)14-4-5-14)18(24)20-6-7-25-15(10-20)9-19(3)11-17(22)23/h8,14-15H,4-7,9-11H2,1-3H3,(H,22,23). The van der Waals surface area contributed by atoms with E-state index in [1.807, 2.05) is 17.9 Å². The highest BCUT2D eigenvalue weighted by Crippen LogP contribution is 2.38. The molecule has 0 aromatic carbocycles. The maximum atomic E-state index is 13.0. The molecule has 2 heterocycles. The van der Waals surface area contributed by atoms with Gasteiger partial charge in [-0.15, -0.1) is 0 Å². The zero-order valence-corrected chi connectivity index (χ0v) is 15.2. The smallest absolute Gasteiger partial charge is 0.317 e. The van der Waals surface area contributed by atoms with Gasteiger partial charge in [-0.3, -0.25) is 14.5 Å². The third-order valence-electron chi connectivity index (χ3n) is 4.97. The van der Waals surface area contributed by atoms with Crippen LogP contribution in [0.5, 0.6) is 0 Å². The number of carboxylic acids is 1. The predicted molar refractivity (Wildman–Crippen MR) is 93.0 cm³/mol. The highest BCUT2D eigenvalue weighted by Gasteiger charge is 2.31. The second-order valence-electron chi connectivity index (χ2n) is 7.22. The Morgan fingerprint density at radius 3 is 2.72 bits per heavy atom. The molecule has 1 atom stereocenters. The van der Waals surface area contributed by atoms with E-state index < -0.39 is 5.97 Å². The molecule has 1 saturated carbocycles. The number of aromatic nitrogens is 1. The Balaban J connectivity index is 1.66. The first-order chi connectivity index (χ1) is 11.9. The van der Waals surface area contributed by atoms with Crippen molar-refractivity contribution in [3.8, 4) is 0 Å². The lowest BCUT2D eigenvalue weighted by molar-refractivity contribution is -0.138. The van der Waals surface area contributed by atoms with Gasteiger partial charge in [-0.25, -0.2) is 0 Å². The highest BCUT2D eigenvalue weighted by molar-refractivity contribution is 5.95. The van der Waals surface area contributed by atoms with Crippen LogP contribution in [0.1, 0.15) is 40.6 Å². The molecule has 1 aromatic heterocycles. The summed E-state index contributed by atoms with van der Waals surface area (Å²) in [4.78, 5) is 27.3. The van der Waals surface area contributed by atoms with Crippen molar-refractivity contribution in [2.75, 3.05) is 39.8 Å². The van der Waals surface area contributed by atoms with Crippen LogP contribution in [0.2, 0.25) is 0 Å². The molecule has 0 spiro atoms. The summed E-state index contributed by atoms with van der Waals surface area (Å²) in [6.07, 6.45) is 2.23. The van der Waals surface area contributed by atoms with Gasteiger partial charge in [-0.05, 0) is 39.8 Å². The van der Waals surface area contributed by atoms with Crippen LogP contribution in [0.25, 0.3) is 0 Å². The maximum Gasteiger partial charge on any atom is 0.317 e. The summed E-state index contributed by atoms with van der Waals surface area (Å²) < 4.78 is 8.00. The molecule has 7 nitrogen and oxygen atoms in total. The average molecular weight is 349 g/mol. The molecule has 1 N–H and O–H groups in total. The zero-order chi connectivity index (χ0) is 18.1. The summed E-state index contributed by atoms with van der Waals surface area (Å²) in [5.74, 6) is -0.812. The molecule has 2 fully saturated rings. The van der Waals surface area contributed by atoms with Crippen LogP contribution in [-0.4, -0.2) is 77.3 Å². The molecule has 1 aliphatic heterocycles. The number of likely N-dealkylation sites (N-methyl/N-ethyl adjacent to an activating group) is 1. The van der Waals surface area contributed by atoms with Crippen LogP contribution in [0.15, 0.2) is 6.07 Å². The van der Waals surface area contributed by atoms with Gasteiger partial charge in [0.15, 0.2) is 0 Å². The lowest BCUT2D eigenvalue weighted by atomic mass is 10.2. The molecule has 1 amide bonds.